The summed E-state index contributed by atoms with van der Waals surface area (Å²) in [5.74, 6) is 0.446. The number of hydrogen-bond acceptors (Lipinski definition) is 2. The molecule has 0 heterocycles. The average Bonchev–Trinajstić information content (AvgIpc) is 2.37. The zero-order valence-electron chi connectivity index (χ0n) is 13.0. The average molecular weight is 268 g/mol. The molecule has 0 radical (unpaired) electrons. The Hall–Kier alpha value is -0.570. The summed E-state index contributed by atoms with van der Waals surface area (Å²) in [6, 6.07) is 0.314. The highest BCUT2D eigenvalue weighted by Crippen LogP contribution is 2.25. The van der Waals surface area contributed by atoms with Gasteiger partial charge in [0.2, 0.25) is 5.91 Å². The number of unbranched alkanes of at least 4 members (excludes halogenated alkanes) is 2. The van der Waals surface area contributed by atoms with Gasteiger partial charge in [-0.1, -0.05) is 40.0 Å². The van der Waals surface area contributed by atoms with Gasteiger partial charge < -0.3 is 11.1 Å². The lowest BCUT2D eigenvalue weighted by Crippen LogP contribution is -2.40. The highest BCUT2D eigenvalue weighted by molar-refractivity contribution is 5.78. The SMILES string of the molecule is CCCCCC(C)(C)CNC(=O)C1CCC(N)CC1. The zero-order chi connectivity index (χ0) is 14.3. The van der Waals surface area contributed by atoms with E-state index in [0.717, 1.165) is 32.2 Å². The van der Waals surface area contributed by atoms with Gasteiger partial charge in [-0.05, 0) is 37.5 Å². The molecule has 112 valence electrons. The number of hydrogen-bond donors (Lipinski definition) is 2. The van der Waals surface area contributed by atoms with Crippen LogP contribution in [-0.2, 0) is 4.79 Å². The second kappa shape index (κ2) is 7.88. The molecule has 0 unspecified atom stereocenters. The summed E-state index contributed by atoms with van der Waals surface area (Å²) in [4.78, 5) is 12.1. The van der Waals surface area contributed by atoms with E-state index in [0.29, 0.717) is 6.04 Å². The predicted octanol–water partition coefficient (Wildman–Crippen LogP) is 3.23. The molecule has 3 N–H and O–H groups in total. The third-order valence-corrected chi connectivity index (χ3v) is 4.34. The molecule has 1 amide bonds. The smallest absolute Gasteiger partial charge is 0.223 e. The fraction of sp³-hybridized carbons (Fsp3) is 0.938. The minimum Gasteiger partial charge on any atom is -0.355 e. The van der Waals surface area contributed by atoms with Gasteiger partial charge in [-0.3, -0.25) is 4.79 Å². The fourth-order valence-electron chi connectivity index (χ4n) is 2.79. The standard InChI is InChI=1S/C16H32N2O/c1-4-5-6-11-16(2,3)12-18-15(19)13-7-9-14(17)10-8-13/h13-14H,4-12,17H2,1-3H3,(H,18,19). The largest absolute Gasteiger partial charge is 0.355 e. The van der Waals surface area contributed by atoms with Gasteiger partial charge in [0.05, 0.1) is 0 Å². The zero-order valence-corrected chi connectivity index (χ0v) is 13.0. The van der Waals surface area contributed by atoms with E-state index in [4.69, 9.17) is 5.73 Å². The third-order valence-electron chi connectivity index (χ3n) is 4.34. The molecule has 19 heavy (non-hydrogen) atoms. The Morgan fingerprint density at radius 1 is 1.21 bits per heavy atom. The number of nitrogens with one attached hydrogen (secondary N) is 1. The Bertz CT molecular complexity index is 268. The van der Waals surface area contributed by atoms with Crippen LogP contribution < -0.4 is 11.1 Å². The topological polar surface area (TPSA) is 55.1 Å². The van der Waals surface area contributed by atoms with Crippen LogP contribution in [0.2, 0.25) is 0 Å². The number of rotatable bonds is 7. The Labute approximate surface area is 118 Å². The molecule has 0 aliphatic heterocycles. The predicted molar refractivity (Wildman–Crippen MR) is 80.9 cm³/mol. The summed E-state index contributed by atoms with van der Waals surface area (Å²) >= 11 is 0. The maximum absolute atomic E-state index is 12.1. The number of nitrogens with two attached hydrogens (primary N) is 1. The van der Waals surface area contributed by atoms with Crippen LogP contribution in [-0.4, -0.2) is 18.5 Å². The van der Waals surface area contributed by atoms with Crippen molar-refractivity contribution >= 4 is 5.91 Å². The molecule has 0 aromatic heterocycles. The van der Waals surface area contributed by atoms with Crippen LogP contribution in [0.4, 0.5) is 0 Å². The van der Waals surface area contributed by atoms with Crippen molar-refractivity contribution in [1.29, 1.82) is 0 Å². The van der Waals surface area contributed by atoms with E-state index in [9.17, 15) is 4.79 Å². The van der Waals surface area contributed by atoms with Crippen molar-refractivity contribution in [3.8, 4) is 0 Å². The summed E-state index contributed by atoms with van der Waals surface area (Å²) < 4.78 is 0. The molecule has 0 bridgehead atoms. The van der Waals surface area contributed by atoms with Crippen LogP contribution in [0.25, 0.3) is 0 Å². The van der Waals surface area contributed by atoms with Gasteiger partial charge in [0, 0.05) is 18.5 Å². The van der Waals surface area contributed by atoms with Crippen LogP contribution in [0, 0.1) is 11.3 Å². The Morgan fingerprint density at radius 2 is 1.84 bits per heavy atom. The molecule has 1 aliphatic carbocycles. The summed E-state index contributed by atoms with van der Waals surface area (Å²) in [5, 5.41) is 3.15. The van der Waals surface area contributed by atoms with Gasteiger partial charge in [0.15, 0.2) is 0 Å². The lowest BCUT2D eigenvalue weighted by molar-refractivity contribution is -0.126. The quantitative estimate of drug-likeness (QED) is 0.697. The normalized spacial score (nSPS) is 24.2. The molecule has 0 atom stereocenters. The van der Waals surface area contributed by atoms with E-state index in [2.05, 4.69) is 26.1 Å². The van der Waals surface area contributed by atoms with E-state index in [1.165, 1.54) is 25.7 Å². The lowest BCUT2D eigenvalue weighted by atomic mass is 9.84. The molecule has 1 rings (SSSR count). The molecule has 1 fully saturated rings. The molecule has 3 heteroatoms. The van der Waals surface area contributed by atoms with Crippen LogP contribution >= 0.6 is 0 Å². The van der Waals surface area contributed by atoms with Gasteiger partial charge in [-0.2, -0.15) is 0 Å². The maximum Gasteiger partial charge on any atom is 0.223 e. The van der Waals surface area contributed by atoms with E-state index in [1.807, 2.05) is 0 Å². The van der Waals surface area contributed by atoms with Crippen LogP contribution in [0.3, 0.4) is 0 Å². The molecular formula is C16H32N2O. The molecular weight excluding hydrogens is 236 g/mol. The molecule has 0 aromatic carbocycles. The number of carbonyl (C=O) groups excluding carboxylic acids is 1. The van der Waals surface area contributed by atoms with Crippen molar-refractivity contribution in [2.24, 2.45) is 17.1 Å². The van der Waals surface area contributed by atoms with Gasteiger partial charge in [0.1, 0.15) is 0 Å². The van der Waals surface area contributed by atoms with Gasteiger partial charge in [-0.15, -0.1) is 0 Å². The van der Waals surface area contributed by atoms with Crippen molar-refractivity contribution in [1.82, 2.24) is 5.32 Å². The first-order valence-corrected chi connectivity index (χ1v) is 7.98. The van der Waals surface area contributed by atoms with Gasteiger partial charge in [-0.25, -0.2) is 0 Å². The van der Waals surface area contributed by atoms with Crippen LogP contribution in [0.15, 0.2) is 0 Å². The summed E-state index contributed by atoms with van der Waals surface area (Å²) in [6.45, 7) is 7.53. The minimum absolute atomic E-state index is 0.200. The lowest BCUT2D eigenvalue weighted by Gasteiger charge is -2.29. The second-order valence-corrected chi connectivity index (χ2v) is 6.95. The van der Waals surface area contributed by atoms with Crippen molar-refractivity contribution in [2.45, 2.75) is 78.2 Å². The van der Waals surface area contributed by atoms with E-state index in [-0.39, 0.29) is 17.2 Å². The third kappa shape index (κ3) is 6.42. The number of carbonyl (C=O) groups is 1. The molecule has 0 spiro atoms. The van der Waals surface area contributed by atoms with Crippen molar-refractivity contribution in [3.63, 3.8) is 0 Å². The monoisotopic (exact) mass is 268 g/mol. The second-order valence-electron chi connectivity index (χ2n) is 6.95. The summed E-state index contributed by atoms with van der Waals surface area (Å²) in [5.41, 5.74) is 6.09. The van der Waals surface area contributed by atoms with E-state index in [1.54, 1.807) is 0 Å². The Balaban J connectivity index is 2.24. The Kier molecular flexibility index (Phi) is 6.84. The Morgan fingerprint density at radius 3 is 2.42 bits per heavy atom. The van der Waals surface area contributed by atoms with E-state index < -0.39 is 0 Å². The highest BCUT2D eigenvalue weighted by Gasteiger charge is 2.26. The molecule has 0 aromatic rings. The first kappa shape index (κ1) is 16.5. The van der Waals surface area contributed by atoms with Gasteiger partial charge in [0.25, 0.3) is 0 Å². The van der Waals surface area contributed by atoms with Crippen molar-refractivity contribution in [3.05, 3.63) is 0 Å². The first-order valence-electron chi connectivity index (χ1n) is 7.98. The van der Waals surface area contributed by atoms with E-state index >= 15 is 0 Å². The van der Waals surface area contributed by atoms with Crippen molar-refractivity contribution < 1.29 is 4.79 Å². The molecule has 0 saturated heterocycles. The summed E-state index contributed by atoms with van der Waals surface area (Å²) in [6.07, 6.45) is 8.92. The van der Waals surface area contributed by atoms with Gasteiger partial charge >= 0.3 is 0 Å². The highest BCUT2D eigenvalue weighted by atomic mass is 16.1. The fourth-order valence-corrected chi connectivity index (χ4v) is 2.79. The van der Waals surface area contributed by atoms with Crippen LogP contribution in [0.1, 0.15) is 72.1 Å². The first-order chi connectivity index (χ1) is 8.94. The van der Waals surface area contributed by atoms with Crippen molar-refractivity contribution in [2.75, 3.05) is 6.54 Å². The number of amides is 1. The molecule has 1 saturated carbocycles. The summed E-state index contributed by atoms with van der Waals surface area (Å²) in [7, 11) is 0. The van der Waals surface area contributed by atoms with Crippen LogP contribution in [0.5, 0.6) is 0 Å². The minimum atomic E-state index is 0.200. The maximum atomic E-state index is 12.1. The molecule has 1 aliphatic rings. The molecule has 3 nitrogen and oxygen atoms in total.